The fraction of sp³-hybridized carbons (Fsp3) is 0.467. The van der Waals surface area contributed by atoms with Crippen molar-refractivity contribution in [3.63, 3.8) is 0 Å². The van der Waals surface area contributed by atoms with Gasteiger partial charge in [0.05, 0.1) is 6.42 Å². The molecule has 2 unspecified atom stereocenters. The molecule has 1 N–H and O–H groups in total. The first-order valence-corrected chi connectivity index (χ1v) is 7.02. The van der Waals surface area contributed by atoms with Gasteiger partial charge in [0.1, 0.15) is 5.69 Å². The van der Waals surface area contributed by atoms with E-state index in [2.05, 4.69) is 24.3 Å². The third-order valence-electron chi connectivity index (χ3n) is 3.89. The summed E-state index contributed by atoms with van der Waals surface area (Å²) in [4.78, 5) is 14.5. The molecule has 1 saturated heterocycles. The number of carbonyl (C=O) groups excluding carboxylic acids is 1. The molecule has 5 heteroatoms. The monoisotopic (exact) mass is 273 g/mol. The van der Waals surface area contributed by atoms with Gasteiger partial charge in [0.25, 0.3) is 0 Å². The number of hydrogen-bond acceptors (Lipinski definition) is 4. The van der Waals surface area contributed by atoms with Crippen LogP contribution in [-0.2, 0) is 11.2 Å². The van der Waals surface area contributed by atoms with Crippen molar-refractivity contribution in [2.75, 3.05) is 13.1 Å². The molecule has 20 heavy (non-hydrogen) atoms. The van der Waals surface area contributed by atoms with Gasteiger partial charge in [-0.2, -0.15) is 0 Å². The minimum atomic E-state index is 0.116. The van der Waals surface area contributed by atoms with E-state index in [4.69, 9.17) is 4.52 Å². The Labute approximate surface area is 117 Å². The first-order valence-electron chi connectivity index (χ1n) is 7.02. The van der Waals surface area contributed by atoms with E-state index in [-0.39, 0.29) is 18.0 Å². The van der Waals surface area contributed by atoms with E-state index in [0.717, 1.165) is 29.8 Å². The summed E-state index contributed by atoms with van der Waals surface area (Å²) in [5.74, 6) is 0.116. The van der Waals surface area contributed by atoms with E-state index in [0.29, 0.717) is 6.42 Å². The van der Waals surface area contributed by atoms with Gasteiger partial charge in [-0.15, -0.1) is 0 Å². The van der Waals surface area contributed by atoms with Crippen LogP contribution in [0.2, 0.25) is 0 Å². The number of amides is 1. The van der Waals surface area contributed by atoms with Crippen molar-refractivity contribution in [2.24, 2.45) is 0 Å². The molecule has 1 fully saturated rings. The van der Waals surface area contributed by atoms with Gasteiger partial charge in [0.15, 0.2) is 5.58 Å². The highest BCUT2D eigenvalue weighted by Gasteiger charge is 2.29. The predicted molar refractivity (Wildman–Crippen MR) is 76.4 cm³/mol. The maximum absolute atomic E-state index is 12.5. The SMILES string of the molecule is CC1CNCC(C)N1C(=O)Cc1noc2ccccc12. The average molecular weight is 273 g/mol. The van der Waals surface area contributed by atoms with Gasteiger partial charge in [-0.1, -0.05) is 17.3 Å². The van der Waals surface area contributed by atoms with E-state index < -0.39 is 0 Å². The zero-order valence-electron chi connectivity index (χ0n) is 11.8. The van der Waals surface area contributed by atoms with Crippen molar-refractivity contribution in [3.8, 4) is 0 Å². The van der Waals surface area contributed by atoms with Gasteiger partial charge < -0.3 is 14.7 Å². The van der Waals surface area contributed by atoms with Crippen molar-refractivity contribution >= 4 is 16.9 Å². The Hall–Kier alpha value is -1.88. The van der Waals surface area contributed by atoms with E-state index >= 15 is 0 Å². The van der Waals surface area contributed by atoms with Crippen LogP contribution in [0.3, 0.4) is 0 Å². The van der Waals surface area contributed by atoms with Gasteiger partial charge in [0.2, 0.25) is 5.91 Å². The molecule has 1 aromatic carbocycles. The second kappa shape index (κ2) is 5.25. The van der Waals surface area contributed by atoms with Crippen LogP contribution in [0.5, 0.6) is 0 Å². The molecule has 0 aliphatic carbocycles. The van der Waals surface area contributed by atoms with E-state index in [1.165, 1.54) is 0 Å². The zero-order valence-corrected chi connectivity index (χ0v) is 11.8. The molecule has 1 aromatic heterocycles. The van der Waals surface area contributed by atoms with Gasteiger partial charge in [-0.3, -0.25) is 4.79 Å². The lowest BCUT2D eigenvalue weighted by atomic mass is 10.1. The van der Waals surface area contributed by atoms with Crippen molar-refractivity contribution < 1.29 is 9.32 Å². The van der Waals surface area contributed by atoms with Crippen LogP contribution < -0.4 is 5.32 Å². The zero-order chi connectivity index (χ0) is 14.1. The lowest BCUT2D eigenvalue weighted by molar-refractivity contribution is -0.135. The minimum absolute atomic E-state index is 0.116. The summed E-state index contributed by atoms with van der Waals surface area (Å²) in [7, 11) is 0. The van der Waals surface area contributed by atoms with Gasteiger partial charge in [0, 0.05) is 30.6 Å². The molecular formula is C15H19N3O2. The number of rotatable bonds is 2. The number of carbonyl (C=O) groups is 1. The number of para-hydroxylation sites is 1. The quantitative estimate of drug-likeness (QED) is 0.902. The lowest BCUT2D eigenvalue weighted by Crippen LogP contribution is -2.57. The highest BCUT2D eigenvalue weighted by Crippen LogP contribution is 2.20. The highest BCUT2D eigenvalue weighted by molar-refractivity contribution is 5.86. The maximum atomic E-state index is 12.5. The minimum Gasteiger partial charge on any atom is -0.356 e. The molecule has 0 bridgehead atoms. The topological polar surface area (TPSA) is 58.4 Å². The number of fused-ring (bicyclic) bond motifs is 1. The summed E-state index contributed by atoms with van der Waals surface area (Å²) in [5.41, 5.74) is 1.46. The summed E-state index contributed by atoms with van der Waals surface area (Å²) < 4.78 is 5.26. The van der Waals surface area contributed by atoms with Crippen LogP contribution in [0.1, 0.15) is 19.5 Å². The van der Waals surface area contributed by atoms with Crippen molar-refractivity contribution in [1.29, 1.82) is 0 Å². The van der Waals surface area contributed by atoms with Crippen molar-refractivity contribution in [3.05, 3.63) is 30.0 Å². The summed E-state index contributed by atoms with van der Waals surface area (Å²) in [5, 5.41) is 8.30. The molecule has 1 amide bonds. The number of aromatic nitrogens is 1. The molecule has 2 aromatic rings. The second-order valence-electron chi connectivity index (χ2n) is 5.46. The van der Waals surface area contributed by atoms with Crippen molar-refractivity contribution in [2.45, 2.75) is 32.4 Å². The Balaban J connectivity index is 1.81. The summed E-state index contributed by atoms with van der Waals surface area (Å²) in [6.45, 7) is 5.83. The Bertz CT molecular complexity index is 612. The van der Waals surface area contributed by atoms with Crippen molar-refractivity contribution in [1.82, 2.24) is 15.4 Å². The van der Waals surface area contributed by atoms with Crippen LogP contribution in [0.25, 0.3) is 11.0 Å². The van der Waals surface area contributed by atoms with Crippen LogP contribution >= 0.6 is 0 Å². The third-order valence-corrected chi connectivity index (χ3v) is 3.89. The number of piperazine rings is 1. The number of nitrogens with one attached hydrogen (secondary N) is 1. The molecular weight excluding hydrogens is 254 g/mol. The summed E-state index contributed by atoms with van der Waals surface area (Å²) in [6, 6.07) is 8.07. The molecule has 1 aliphatic heterocycles. The summed E-state index contributed by atoms with van der Waals surface area (Å²) >= 11 is 0. The van der Waals surface area contributed by atoms with Crippen LogP contribution in [-0.4, -0.2) is 41.1 Å². The number of nitrogens with zero attached hydrogens (tertiary/aromatic N) is 2. The van der Waals surface area contributed by atoms with Gasteiger partial charge in [-0.25, -0.2) is 0 Å². The smallest absolute Gasteiger partial charge is 0.229 e. The molecule has 2 heterocycles. The Morgan fingerprint density at radius 2 is 2.05 bits per heavy atom. The molecule has 1 aliphatic rings. The third kappa shape index (κ3) is 2.29. The fourth-order valence-corrected chi connectivity index (χ4v) is 2.92. The molecule has 5 nitrogen and oxygen atoms in total. The van der Waals surface area contributed by atoms with E-state index in [1.54, 1.807) is 0 Å². The molecule has 3 rings (SSSR count). The number of benzene rings is 1. The van der Waals surface area contributed by atoms with Crippen LogP contribution in [0, 0.1) is 0 Å². The number of hydrogen-bond donors (Lipinski definition) is 1. The Morgan fingerprint density at radius 1 is 1.35 bits per heavy atom. The fourth-order valence-electron chi connectivity index (χ4n) is 2.92. The molecule has 2 atom stereocenters. The second-order valence-corrected chi connectivity index (χ2v) is 5.46. The Morgan fingerprint density at radius 3 is 2.80 bits per heavy atom. The molecule has 0 spiro atoms. The lowest BCUT2D eigenvalue weighted by Gasteiger charge is -2.39. The van der Waals surface area contributed by atoms with Crippen LogP contribution in [0.15, 0.2) is 28.8 Å². The van der Waals surface area contributed by atoms with E-state index in [9.17, 15) is 4.79 Å². The first-order chi connectivity index (χ1) is 9.66. The van der Waals surface area contributed by atoms with E-state index in [1.807, 2.05) is 29.2 Å². The van der Waals surface area contributed by atoms with Gasteiger partial charge in [-0.05, 0) is 26.0 Å². The average Bonchev–Trinajstić information content (AvgIpc) is 2.82. The largest absolute Gasteiger partial charge is 0.356 e. The molecule has 0 radical (unpaired) electrons. The first kappa shape index (κ1) is 13.1. The molecule has 0 saturated carbocycles. The summed E-state index contributed by atoms with van der Waals surface area (Å²) in [6.07, 6.45) is 0.297. The predicted octanol–water partition coefficient (Wildman–Crippen LogP) is 1.58. The van der Waals surface area contributed by atoms with Gasteiger partial charge >= 0.3 is 0 Å². The Kier molecular flexibility index (Phi) is 3.44. The highest BCUT2D eigenvalue weighted by atomic mass is 16.5. The maximum Gasteiger partial charge on any atom is 0.229 e. The normalized spacial score (nSPS) is 23.2. The standard InChI is InChI=1S/C15H19N3O2/c1-10-8-16-9-11(2)18(10)15(19)7-13-12-5-3-4-6-14(12)20-17-13/h3-6,10-11,16H,7-9H2,1-2H3. The van der Waals surface area contributed by atoms with Crippen LogP contribution in [0.4, 0.5) is 0 Å². The molecule has 106 valence electrons.